The highest BCUT2D eigenvalue weighted by atomic mass is 16.5. The van der Waals surface area contributed by atoms with Crippen molar-refractivity contribution in [2.45, 2.75) is 37.6 Å². The average Bonchev–Trinajstić information content (AvgIpc) is 3.60. The maximum atomic E-state index is 12.7. The minimum Gasteiger partial charge on any atom is -0.480 e. The quantitative estimate of drug-likeness (QED) is 0.404. The van der Waals surface area contributed by atoms with Crippen molar-refractivity contribution >= 4 is 18.0 Å². The number of nitrogens with one attached hydrogen (secondary N) is 2. The second-order valence-corrected chi connectivity index (χ2v) is 8.99. The Bertz CT molecular complexity index is 1010. The van der Waals surface area contributed by atoms with Gasteiger partial charge in [0.15, 0.2) is 0 Å². The van der Waals surface area contributed by atoms with E-state index in [9.17, 15) is 19.5 Å². The van der Waals surface area contributed by atoms with Gasteiger partial charge in [0, 0.05) is 25.5 Å². The van der Waals surface area contributed by atoms with Crippen LogP contribution in [0.5, 0.6) is 0 Å². The number of hydrogen-bond donors (Lipinski definition) is 4. The van der Waals surface area contributed by atoms with E-state index in [1.165, 1.54) is 0 Å². The van der Waals surface area contributed by atoms with Crippen molar-refractivity contribution in [1.29, 1.82) is 0 Å². The summed E-state index contributed by atoms with van der Waals surface area (Å²) in [5, 5.41) is 23.5. The van der Waals surface area contributed by atoms with E-state index < -0.39 is 29.9 Å². The van der Waals surface area contributed by atoms with Crippen molar-refractivity contribution in [2.24, 2.45) is 11.8 Å². The fraction of sp³-hybridized carbons (Fsp3) is 0.423. The summed E-state index contributed by atoms with van der Waals surface area (Å²) in [4.78, 5) is 36.5. The van der Waals surface area contributed by atoms with Crippen LogP contribution < -0.4 is 10.6 Å². The minimum atomic E-state index is -1.20. The van der Waals surface area contributed by atoms with Crippen molar-refractivity contribution in [2.75, 3.05) is 19.8 Å². The highest BCUT2D eigenvalue weighted by molar-refractivity contribution is 5.85. The zero-order valence-electron chi connectivity index (χ0n) is 18.9. The second kappa shape index (κ2) is 10.7. The molecule has 2 atom stereocenters. The van der Waals surface area contributed by atoms with Crippen LogP contribution in [0.25, 0.3) is 11.1 Å². The molecule has 0 saturated heterocycles. The average molecular weight is 467 g/mol. The topological polar surface area (TPSA) is 125 Å². The molecule has 2 aromatic carbocycles. The van der Waals surface area contributed by atoms with Gasteiger partial charge in [-0.1, -0.05) is 61.4 Å². The number of fused-ring (bicyclic) bond motifs is 3. The number of hydrogen-bond acceptors (Lipinski definition) is 5. The van der Waals surface area contributed by atoms with Crippen LogP contribution in [0.2, 0.25) is 0 Å². The Hall–Kier alpha value is -3.39. The van der Waals surface area contributed by atoms with Crippen LogP contribution in [0.4, 0.5) is 4.79 Å². The molecule has 0 heterocycles. The fourth-order valence-corrected chi connectivity index (χ4v) is 4.57. The van der Waals surface area contributed by atoms with E-state index in [0.29, 0.717) is 12.3 Å². The third-order valence-electron chi connectivity index (χ3n) is 6.55. The number of carboxylic acids is 1. The third-order valence-corrected chi connectivity index (χ3v) is 6.55. The van der Waals surface area contributed by atoms with Gasteiger partial charge in [0.05, 0.1) is 5.92 Å². The first-order valence-corrected chi connectivity index (χ1v) is 11.7. The predicted octanol–water partition coefficient (Wildman–Crippen LogP) is 2.89. The first-order valence-electron chi connectivity index (χ1n) is 11.7. The second-order valence-electron chi connectivity index (χ2n) is 8.99. The van der Waals surface area contributed by atoms with E-state index in [1.807, 2.05) is 36.4 Å². The smallest absolute Gasteiger partial charge is 0.407 e. The molecule has 180 valence electrons. The Kier molecular flexibility index (Phi) is 7.47. The van der Waals surface area contributed by atoms with E-state index >= 15 is 0 Å². The van der Waals surface area contributed by atoms with Crippen molar-refractivity contribution in [3.63, 3.8) is 0 Å². The van der Waals surface area contributed by atoms with Gasteiger partial charge < -0.3 is 25.6 Å². The highest BCUT2D eigenvalue weighted by Gasteiger charge is 2.32. The summed E-state index contributed by atoms with van der Waals surface area (Å²) in [5.74, 6) is -1.85. The molecule has 1 unspecified atom stereocenters. The number of carboxylic acid groups (broad SMARTS) is 1. The summed E-state index contributed by atoms with van der Waals surface area (Å²) in [6.07, 6.45) is 1.93. The van der Waals surface area contributed by atoms with E-state index in [0.717, 1.165) is 35.1 Å². The largest absolute Gasteiger partial charge is 0.480 e. The summed E-state index contributed by atoms with van der Waals surface area (Å²) < 4.78 is 5.54. The van der Waals surface area contributed by atoms with Gasteiger partial charge >= 0.3 is 12.1 Å². The lowest BCUT2D eigenvalue weighted by Crippen LogP contribution is -2.47. The molecule has 0 aromatic heterocycles. The maximum Gasteiger partial charge on any atom is 0.407 e. The van der Waals surface area contributed by atoms with Gasteiger partial charge in [-0.2, -0.15) is 0 Å². The van der Waals surface area contributed by atoms with Gasteiger partial charge in [0.2, 0.25) is 5.91 Å². The summed E-state index contributed by atoms with van der Waals surface area (Å²) in [6.45, 7) is -0.107. The number of benzene rings is 2. The first kappa shape index (κ1) is 23.8. The molecule has 1 fully saturated rings. The van der Waals surface area contributed by atoms with E-state index in [-0.39, 0.29) is 32.1 Å². The molecule has 8 nitrogen and oxygen atoms in total. The number of rotatable bonds is 11. The molecular weight excluding hydrogens is 436 g/mol. The molecule has 1 saturated carbocycles. The normalized spacial score (nSPS) is 16.1. The number of aliphatic hydroxyl groups is 1. The van der Waals surface area contributed by atoms with E-state index in [1.54, 1.807) is 0 Å². The summed E-state index contributed by atoms with van der Waals surface area (Å²) in [6, 6.07) is 15.0. The number of aliphatic hydroxyl groups excluding tert-OH is 1. The predicted molar refractivity (Wildman–Crippen MR) is 125 cm³/mol. The van der Waals surface area contributed by atoms with Crippen molar-refractivity contribution in [3.8, 4) is 11.1 Å². The number of carbonyl (C=O) groups is 3. The SMILES string of the molecule is O=C(NCC(CC1CC1)C(=O)N[C@H](CCO)C(=O)O)OCC1c2ccccc2-c2ccccc21. The van der Waals surface area contributed by atoms with Gasteiger partial charge in [-0.15, -0.1) is 0 Å². The van der Waals surface area contributed by atoms with Crippen molar-refractivity contribution < 1.29 is 29.3 Å². The summed E-state index contributed by atoms with van der Waals surface area (Å²) in [5.41, 5.74) is 4.52. The molecule has 0 spiro atoms. The number of amides is 2. The Balaban J connectivity index is 1.34. The molecule has 2 aromatic rings. The standard InChI is InChI=1S/C26H30N2O6/c29-12-11-23(25(31)32)28-24(30)17(13-16-9-10-16)14-27-26(33)34-15-22-20-7-3-1-5-18(20)19-6-2-4-8-21(19)22/h1-8,16-17,22-23,29H,9-15H2,(H,27,33)(H,28,30)(H,31,32)/t17?,23-/m1/s1. The summed E-state index contributed by atoms with van der Waals surface area (Å²) >= 11 is 0. The molecule has 2 aliphatic carbocycles. The van der Waals surface area contributed by atoms with Gasteiger partial charge in [-0.05, 0) is 34.6 Å². The first-order chi connectivity index (χ1) is 16.5. The lowest BCUT2D eigenvalue weighted by Gasteiger charge is -2.21. The number of aliphatic carboxylic acids is 1. The molecule has 0 aliphatic heterocycles. The Labute approximate surface area is 198 Å². The van der Waals surface area contributed by atoms with Crippen LogP contribution in [-0.4, -0.2) is 54.0 Å². The van der Waals surface area contributed by atoms with Crippen LogP contribution >= 0.6 is 0 Å². The molecule has 0 radical (unpaired) electrons. The zero-order valence-corrected chi connectivity index (χ0v) is 18.9. The molecule has 4 rings (SSSR count). The third kappa shape index (κ3) is 5.56. The van der Waals surface area contributed by atoms with Crippen LogP contribution in [-0.2, 0) is 14.3 Å². The Morgan fingerprint density at radius 3 is 2.18 bits per heavy atom. The van der Waals surface area contributed by atoms with Gasteiger partial charge in [0.1, 0.15) is 12.6 Å². The highest BCUT2D eigenvalue weighted by Crippen LogP contribution is 2.44. The lowest BCUT2D eigenvalue weighted by molar-refractivity contribution is -0.143. The van der Waals surface area contributed by atoms with Crippen molar-refractivity contribution in [1.82, 2.24) is 10.6 Å². The Morgan fingerprint density at radius 1 is 1.00 bits per heavy atom. The fourth-order valence-electron chi connectivity index (χ4n) is 4.57. The van der Waals surface area contributed by atoms with Crippen LogP contribution in [0, 0.1) is 11.8 Å². The van der Waals surface area contributed by atoms with Gasteiger partial charge in [-0.25, -0.2) is 9.59 Å². The van der Waals surface area contributed by atoms with E-state index in [2.05, 4.69) is 22.8 Å². The van der Waals surface area contributed by atoms with Crippen LogP contribution in [0.15, 0.2) is 48.5 Å². The Morgan fingerprint density at radius 2 is 1.62 bits per heavy atom. The minimum absolute atomic E-state index is 0.0569. The van der Waals surface area contributed by atoms with Gasteiger partial charge in [0.25, 0.3) is 0 Å². The van der Waals surface area contributed by atoms with Crippen LogP contribution in [0.3, 0.4) is 0 Å². The maximum absolute atomic E-state index is 12.7. The zero-order chi connectivity index (χ0) is 24.1. The molecule has 2 amide bonds. The van der Waals surface area contributed by atoms with E-state index in [4.69, 9.17) is 9.84 Å². The number of ether oxygens (including phenoxy) is 1. The monoisotopic (exact) mass is 466 g/mol. The molecule has 8 heteroatoms. The lowest BCUT2D eigenvalue weighted by atomic mass is 9.98. The molecule has 4 N–H and O–H groups in total. The number of alkyl carbamates (subject to hydrolysis) is 1. The van der Waals surface area contributed by atoms with Crippen molar-refractivity contribution in [3.05, 3.63) is 59.7 Å². The molecular formula is C26H30N2O6. The van der Waals surface area contributed by atoms with Crippen LogP contribution in [0.1, 0.15) is 42.7 Å². The van der Waals surface area contributed by atoms with Gasteiger partial charge in [-0.3, -0.25) is 4.79 Å². The molecule has 0 bridgehead atoms. The molecule has 2 aliphatic rings. The molecule has 34 heavy (non-hydrogen) atoms. The summed E-state index contributed by atoms with van der Waals surface area (Å²) in [7, 11) is 0. The number of carbonyl (C=O) groups excluding carboxylic acids is 2.